The smallest absolute Gasteiger partial charge is 0.184 e. The lowest BCUT2D eigenvalue weighted by Gasteiger charge is -2.30. The lowest BCUT2D eigenvalue weighted by molar-refractivity contribution is -0.219. The van der Waals surface area contributed by atoms with E-state index in [1.807, 2.05) is 0 Å². The van der Waals surface area contributed by atoms with E-state index in [9.17, 15) is 5.11 Å². The second-order valence-electron chi connectivity index (χ2n) is 3.41. The summed E-state index contributed by atoms with van der Waals surface area (Å²) in [6.45, 7) is 1.53. The van der Waals surface area contributed by atoms with Gasteiger partial charge in [-0.05, 0) is 6.92 Å². The van der Waals surface area contributed by atoms with Gasteiger partial charge in [0.25, 0.3) is 0 Å². The minimum Gasteiger partial charge on any atom is -0.394 e. The van der Waals surface area contributed by atoms with Crippen molar-refractivity contribution in [3.63, 3.8) is 0 Å². The van der Waals surface area contributed by atoms with Gasteiger partial charge in [-0.3, -0.25) is 0 Å². The van der Waals surface area contributed by atoms with Crippen LogP contribution < -0.4 is 0 Å². The predicted octanol–water partition coefficient (Wildman–Crippen LogP) is -1.79. The Kier molecular flexibility index (Phi) is 1.68. The fourth-order valence-electron chi connectivity index (χ4n) is 1.67. The highest BCUT2D eigenvalue weighted by molar-refractivity contribution is 5.11. The lowest BCUT2D eigenvalue weighted by atomic mass is 9.94. The molecule has 0 bridgehead atoms. The molecule has 0 aromatic heterocycles. The summed E-state index contributed by atoms with van der Waals surface area (Å²) in [5, 5.41) is 27.3. The Morgan fingerprint density at radius 2 is 2.08 bits per heavy atom. The summed E-state index contributed by atoms with van der Waals surface area (Å²) in [6.07, 6.45) is -3.19. The molecule has 2 rings (SSSR count). The second-order valence-corrected chi connectivity index (χ2v) is 3.41. The van der Waals surface area contributed by atoms with Gasteiger partial charge >= 0.3 is 0 Å². The first-order chi connectivity index (χ1) is 5.59. The first kappa shape index (κ1) is 8.40. The molecular formula is C7H12O5. The average Bonchev–Trinajstić information content (AvgIpc) is 2.72. The average molecular weight is 176 g/mol. The standard InChI is InChI=1S/C7H12O5/c1-7-3(2-8)11-6(10)4(9)5(7)12-7/h3-6,8-10H,2H2,1H3. The first-order valence-electron chi connectivity index (χ1n) is 3.90. The first-order valence-corrected chi connectivity index (χ1v) is 3.90. The van der Waals surface area contributed by atoms with E-state index >= 15 is 0 Å². The molecule has 12 heavy (non-hydrogen) atoms. The number of aliphatic hydroxyl groups excluding tert-OH is 3. The van der Waals surface area contributed by atoms with Gasteiger partial charge in [-0.1, -0.05) is 0 Å². The van der Waals surface area contributed by atoms with Gasteiger partial charge in [0.15, 0.2) is 6.29 Å². The maximum absolute atomic E-state index is 9.28. The van der Waals surface area contributed by atoms with Crippen LogP contribution in [0.4, 0.5) is 0 Å². The summed E-state index contributed by atoms with van der Waals surface area (Å²) in [4.78, 5) is 0. The van der Waals surface area contributed by atoms with E-state index in [0.717, 1.165) is 0 Å². The molecule has 0 aromatic carbocycles. The van der Waals surface area contributed by atoms with Crippen molar-refractivity contribution >= 4 is 0 Å². The van der Waals surface area contributed by atoms with Gasteiger partial charge in [0, 0.05) is 0 Å². The highest BCUT2D eigenvalue weighted by atomic mass is 16.7. The van der Waals surface area contributed by atoms with Crippen molar-refractivity contribution in [2.45, 2.75) is 37.1 Å². The molecule has 5 atom stereocenters. The van der Waals surface area contributed by atoms with Crippen molar-refractivity contribution in [1.82, 2.24) is 0 Å². The maximum atomic E-state index is 9.28. The van der Waals surface area contributed by atoms with E-state index < -0.39 is 30.2 Å². The van der Waals surface area contributed by atoms with Crippen molar-refractivity contribution < 1.29 is 24.8 Å². The Bertz CT molecular complexity index is 196. The number of fused-ring (bicyclic) bond motifs is 1. The van der Waals surface area contributed by atoms with Crippen LogP contribution in [0, 0.1) is 0 Å². The van der Waals surface area contributed by atoms with Crippen LogP contribution in [0.5, 0.6) is 0 Å². The highest BCUT2D eigenvalue weighted by Gasteiger charge is 2.66. The zero-order valence-corrected chi connectivity index (χ0v) is 6.67. The van der Waals surface area contributed by atoms with Crippen LogP contribution in [-0.4, -0.2) is 52.1 Å². The molecule has 0 spiro atoms. The SMILES string of the molecule is CC12OC1C(O)C(O)OC2CO. The third-order valence-electron chi connectivity index (χ3n) is 2.60. The van der Waals surface area contributed by atoms with Crippen LogP contribution in [0.15, 0.2) is 0 Å². The van der Waals surface area contributed by atoms with Crippen LogP contribution in [0.25, 0.3) is 0 Å². The van der Waals surface area contributed by atoms with Crippen LogP contribution in [0.2, 0.25) is 0 Å². The lowest BCUT2D eigenvalue weighted by Crippen LogP contribution is -2.51. The normalized spacial score (nSPS) is 58.0. The molecular weight excluding hydrogens is 164 g/mol. The molecule has 2 aliphatic rings. The Hall–Kier alpha value is -0.200. The molecule has 5 nitrogen and oxygen atoms in total. The van der Waals surface area contributed by atoms with Crippen molar-refractivity contribution in [2.24, 2.45) is 0 Å². The zero-order valence-electron chi connectivity index (χ0n) is 6.67. The Morgan fingerprint density at radius 1 is 1.42 bits per heavy atom. The van der Waals surface area contributed by atoms with Gasteiger partial charge < -0.3 is 24.8 Å². The molecule has 0 radical (unpaired) electrons. The molecule has 5 heteroatoms. The van der Waals surface area contributed by atoms with Crippen LogP contribution in [0.3, 0.4) is 0 Å². The van der Waals surface area contributed by atoms with E-state index in [1.54, 1.807) is 6.92 Å². The van der Waals surface area contributed by atoms with E-state index in [-0.39, 0.29) is 6.61 Å². The van der Waals surface area contributed by atoms with Crippen LogP contribution in [0.1, 0.15) is 6.92 Å². The van der Waals surface area contributed by atoms with E-state index in [1.165, 1.54) is 0 Å². The summed E-state index contributed by atoms with van der Waals surface area (Å²) in [6, 6.07) is 0. The van der Waals surface area contributed by atoms with Crippen molar-refractivity contribution in [3.05, 3.63) is 0 Å². The van der Waals surface area contributed by atoms with Crippen LogP contribution in [-0.2, 0) is 9.47 Å². The quantitative estimate of drug-likeness (QED) is 0.411. The van der Waals surface area contributed by atoms with Crippen molar-refractivity contribution in [1.29, 1.82) is 0 Å². The summed E-state index contributed by atoms with van der Waals surface area (Å²) in [7, 11) is 0. The molecule has 2 heterocycles. The van der Waals surface area contributed by atoms with Gasteiger partial charge in [-0.25, -0.2) is 0 Å². The van der Waals surface area contributed by atoms with Gasteiger partial charge in [-0.15, -0.1) is 0 Å². The number of hydrogen-bond donors (Lipinski definition) is 3. The van der Waals surface area contributed by atoms with Gasteiger partial charge in [0.05, 0.1) is 6.61 Å². The molecule has 0 aliphatic carbocycles. The van der Waals surface area contributed by atoms with Crippen molar-refractivity contribution in [3.8, 4) is 0 Å². The third-order valence-corrected chi connectivity index (χ3v) is 2.60. The molecule has 70 valence electrons. The highest BCUT2D eigenvalue weighted by Crippen LogP contribution is 2.47. The van der Waals surface area contributed by atoms with E-state index in [2.05, 4.69) is 0 Å². The summed E-state index contributed by atoms with van der Waals surface area (Å²) >= 11 is 0. The monoisotopic (exact) mass is 176 g/mol. The fourth-order valence-corrected chi connectivity index (χ4v) is 1.67. The molecule has 5 unspecified atom stereocenters. The Balaban J connectivity index is 2.13. The van der Waals surface area contributed by atoms with Gasteiger partial charge in [-0.2, -0.15) is 0 Å². The fraction of sp³-hybridized carbons (Fsp3) is 1.00. The third kappa shape index (κ3) is 0.915. The largest absolute Gasteiger partial charge is 0.394 e. The predicted molar refractivity (Wildman–Crippen MR) is 37.3 cm³/mol. The topological polar surface area (TPSA) is 82.5 Å². The number of rotatable bonds is 1. The summed E-state index contributed by atoms with van der Waals surface area (Å²) < 4.78 is 10.1. The van der Waals surface area contributed by atoms with Gasteiger partial charge in [0.1, 0.15) is 23.9 Å². The van der Waals surface area contributed by atoms with Crippen molar-refractivity contribution in [2.75, 3.05) is 6.61 Å². The molecule has 2 saturated heterocycles. The summed E-state index contributed by atoms with van der Waals surface area (Å²) in [5.74, 6) is 0. The van der Waals surface area contributed by atoms with Gasteiger partial charge in [0.2, 0.25) is 0 Å². The number of epoxide rings is 1. The van der Waals surface area contributed by atoms with Crippen LogP contribution >= 0.6 is 0 Å². The maximum Gasteiger partial charge on any atom is 0.184 e. The zero-order chi connectivity index (χ0) is 8.93. The molecule has 0 amide bonds. The number of hydrogen-bond acceptors (Lipinski definition) is 5. The molecule has 0 saturated carbocycles. The Morgan fingerprint density at radius 3 is 2.67 bits per heavy atom. The number of aliphatic hydroxyl groups is 3. The molecule has 0 aromatic rings. The summed E-state index contributed by atoms with van der Waals surface area (Å²) in [5.41, 5.74) is -0.618. The molecule has 2 aliphatic heterocycles. The minimum atomic E-state index is -1.25. The number of ether oxygens (including phenoxy) is 2. The minimum absolute atomic E-state index is 0.212. The molecule has 2 fully saturated rings. The van der Waals surface area contributed by atoms with E-state index in [4.69, 9.17) is 19.7 Å². The molecule has 3 N–H and O–H groups in total. The Labute approximate surface area is 69.5 Å². The van der Waals surface area contributed by atoms with E-state index in [0.29, 0.717) is 0 Å². The second kappa shape index (κ2) is 2.40.